The van der Waals surface area contributed by atoms with Gasteiger partial charge in [0.05, 0.1) is 0 Å². The van der Waals surface area contributed by atoms with Gasteiger partial charge in [0.25, 0.3) is 0 Å². The molecule has 0 aliphatic heterocycles. The van der Waals surface area contributed by atoms with E-state index in [1.54, 1.807) is 0 Å². The van der Waals surface area contributed by atoms with E-state index in [0.717, 1.165) is 19.0 Å². The Morgan fingerprint density at radius 3 is 2.22 bits per heavy atom. The summed E-state index contributed by atoms with van der Waals surface area (Å²) in [5.74, 6) is -0.580. The zero-order valence-electron chi connectivity index (χ0n) is 11.3. The molecule has 0 fully saturated rings. The second-order valence-electron chi connectivity index (χ2n) is 4.91. The predicted octanol–water partition coefficient (Wildman–Crippen LogP) is 2.94. The van der Waals surface area contributed by atoms with Crippen LogP contribution in [0.4, 0.5) is 8.78 Å². The number of rotatable bonds is 6. The van der Waals surface area contributed by atoms with Gasteiger partial charge >= 0.3 is 0 Å². The van der Waals surface area contributed by atoms with Crippen LogP contribution in [0.5, 0.6) is 0 Å². The molecule has 1 rings (SSSR count). The Morgan fingerprint density at radius 1 is 1.22 bits per heavy atom. The zero-order chi connectivity index (χ0) is 13.7. The van der Waals surface area contributed by atoms with Crippen molar-refractivity contribution >= 4 is 0 Å². The molecule has 2 nitrogen and oxygen atoms in total. The summed E-state index contributed by atoms with van der Waals surface area (Å²) in [4.78, 5) is 2.06. The molecular formula is C14H22F2N2. The second kappa shape index (κ2) is 6.81. The number of hydrogen-bond acceptors (Lipinski definition) is 2. The lowest BCUT2D eigenvalue weighted by molar-refractivity contribution is 0.214. The molecule has 0 spiro atoms. The van der Waals surface area contributed by atoms with E-state index in [1.807, 2.05) is 7.05 Å². The lowest BCUT2D eigenvalue weighted by Gasteiger charge is -2.29. The molecule has 0 aliphatic carbocycles. The summed E-state index contributed by atoms with van der Waals surface area (Å²) < 4.78 is 26.4. The summed E-state index contributed by atoms with van der Waals surface area (Å²) in [6, 6.07) is 3.44. The molecule has 0 radical (unpaired) electrons. The van der Waals surface area contributed by atoms with Crippen molar-refractivity contribution in [3.05, 3.63) is 35.4 Å². The van der Waals surface area contributed by atoms with E-state index in [0.29, 0.717) is 18.0 Å². The first kappa shape index (κ1) is 15.1. The Labute approximate surface area is 108 Å². The van der Waals surface area contributed by atoms with Crippen LogP contribution in [0.15, 0.2) is 18.2 Å². The molecule has 2 atom stereocenters. The van der Waals surface area contributed by atoms with Crippen LogP contribution in [-0.4, -0.2) is 25.0 Å². The van der Waals surface area contributed by atoms with E-state index in [-0.39, 0.29) is 6.04 Å². The SMILES string of the molecule is CCC(C)CN(C)C(CN)c1cc(F)cc(F)c1. The molecule has 4 heteroatoms. The van der Waals surface area contributed by atoms with Gasteiger partial charge in [0.2, 0.25) is 0 Å². The summed E-state index contributed by atoms with van der Waals surface area (Å²) in [7, 11) is 1.94. The quantitative estimate of drug-likeness (QED) is 0.848. The molecule has 2 unspecified atom stereocenters. The Kier molecular flexibility index (Phi) is 5.69. The van der Waals surface area contributed by atoms with Gasteiger partial charge in [-0.05, 0) is 30.7 Å². The van der Waals surface area contributed by atoms with Crippen molar-refractivity contribution in [2.75, 3.05) is 20.1 Å². The van der Waals surface area contributed by atoms with E-state index in [1.165, 1.54) is 12.1 Å². The minimum absolute atomic E-state index is 0.149. The number of halogens is 2. The lowest BCUT2D eigenvalue weighted by Crippen LogP contribution is -2.33. The molecule has 1 aromatic carbocycles. The van der Waals surface area contributed by atoms with Gasteiger partial charge in [0, 0.05) is 25.2 Å². The van der Waals surface area contributed by atoms with Crippen molar-refractivity contribution in [1.29, 1.82) is 0 Å². The van der Waals surface area contributed by atoms with E-state index in [2.05, 4.69) is 18.7 Å². The number of likely N-dealkylation sites (N-methyl/N-ethyl adjacent to an activating group) is 1. The van der Waals surface area contributed by atoms with Crippen molar-refractivity contribution in [2.24, 2.45) is 11.7 Å². The Morgan fingerprint density at radius 2 is 1.78 bits per heavy atom. The van der Waals surface area contributed by atoms with Crippen LogP contribution in [0.2, 0.25) is 0 Å². The van der Waals surface area contributed by atoms with E-state index < -0.39 is 11.6 Å². The molecule has 0 saturated heterocycles. The maximum atomic E-state index is 13.2. The monoisotopic (exact) mass is 256 g/mol. The molecule has 0 amide bonds. The van der Waals surface area contributed by atoms with Crippen LogP contribution in [0.25, 0.3) is 0 Å². The largest absolute Gasteiger partial charge is 0.329 e. The fraction of sp³-hybridized carbons (Fsp3) is 0.571. The van der Waals surface area contributed by atoms with Gasteiger partial charge in [-0.15, -0.1) is 0 Å². The Bertz CT molecular complexity index is 362. The van der Waals surface area contributed by atoms with E-state index >= 15 is 0 Å². The molecular weight excluding hydrogens is 234 g/mol. The van der Waals surface area contributed by atoms with Crippen molar-refractivity contribution in [2.45, 2.75) is 26.3 Å². The minimum Gasteiger partial charge on any atom is -0.329 e. The van der Waals surface area contributed by atoms with Gasteiger partial charge in [0.1, 0.15) is 11.6 Å². The van der Waals surface area contributed by atoms with E-state index in [4.69, 9.17) is 5.73 Å². The second-order valence-corrected chi connectivity index (χ2v) is 4.91. The molecule has 0 bridgehead atoms. The minimum atomic E-state index is -0.555. The normalized spacial score (nSPS) is 14.8. The molecule has 18 heavy (non-hydrogen) atoms. The van der Waals surface area contributed by atoms with Gasteiger partial charge in [-0.25, -0.2) is 8.78 Å². The topological polar surface area (TPSA) is 29.3 Å². The highest BCUT2D eigenvalue weighted by atomic mass is 19.1. The molecule has 1 aromatic rings. The fourth-order valence-corrected chi connectivity index (χ4v) is 2.09. The van der Waals surface area contributed by atoms with Gasteiger partial charge < -0.3 is 5.73 Å². The van der Waals surface area contributed by atoms with Gasteiger partial charge in [0.15, 0.2) is 0 Å². The number of nitrogens with zero attached hydrogens (tertiary/aromatic N) is 1. The van der Waals surface area contributed by atoms with E-state index in [9.17, 15) is 8.78 Å². The summed E-state index contributed by atoms with van der Waals surface area (Å²) in [6.45, 7) is 5.47. The predicted molar refractivity (Wildman–Crippen MR) is 70.2 cm³/mol. The maximum absolute atomic E-state index is 13.2. The van der Waals surface area contributed by atoms with Crippen LogP contribution in [-0.2, 0) is 0 Å². The van der Waals surface area contributed by atoms with Gasteiger partial charge in [-0.1, -0.05) is 20.3 Å². The van der Waals surface area contributed by atoms with Crippen molar-refractivity contribution < 1.29 is 8.78 Å². The van der Waals surface area contributed by atoms with Crippen LogP contribution in [0.1, 0.15) is 31.9 Å². The summed E-state index contributed by atoms with van der Waals surface area (Å²) in [5, 5.41) is 0. The van der Waals surface area contributed by atoms with Gasteiger partial charge in [-0.2, -0.15) is 0 Å². The van der Waals surface area contributed by atoms with Crippen molar-refractivity contribution in [1.82, 2.24) is 4.90 Å². The highest BCUT2D eigenvalue weighted by Gasteiger charge is 2.18. The number of hydrogen-bond donors (Lipinski definition) is 1. The standard InChI is InChI=1S/C14H22F2N2/c1-4-10(2)9-18(3)14(8-17)11-5-12(15)7-13(16)6-11/h5-7,10,14H,4,8-9,17H2,1-3H3. The third kappa shape index (κ3) is 4.03. The third-order valence-electron chi connectivity index (χ3n) is 3.32. The molecule has 102 valence electrons. The molecule has 0 aliphatic rings. The maximum Gasteiger partial charge on any atom is 0.126 e. The molecule has 0 heterocycles. The van der Waals surface area contributed by atoms with Gasteiger partial charge in [-0.3, -0.25) is 4.90 Å². The number of benzene rings is 1. The first-order valence-electron chi connectivity index (χ1n) is 6.34. The average Bonchev–Trinajstić information content (AvgIpc) is 2.28. The van der Waals surface area contributed by atoms with Crippen molar-refractivity contribution in [3.63, 3.8) is 0 Å². The number of nitrogens with two attached hydrogens (primary N) is 1. The summed E-state index contributed by atoms with van der Waals surface area (Å²) >= 11 is 0. The molecule has 0 aromatic heterocycles. The summed E-state index contributed by atoms with van der Waals surface area (Å²) in [6.07, 6.45) is 1.07. The van der Waals surface area contributed by atoms with Crippen LogP contribution >= 0.6 is 0 Å². The molecule has 2 N–H and O–H groups in total. The van der Waals surface area contributed by atoms with Crippen LogP contribution in [0, 0.1) is 17.6 Å². The average molecular weight is 256 g/mol. The first-order valence-corrected chi connectivity index (χ1v) is 6.34. The zero-order valence-corrected chi connectivity index (χ0v) is 11.3. The first-order chi connectivity index (χ1) is 8.47. The third-order valence-corrected chi connectivity index (χ3v) is 3.32. The highest BCUT2D eigenvalue weighted by Crippen LogP contribution is 2.21. The lowest BCUT2D eigenvalue weighted by atomic mass is 10.0. The highest BCUT2D eigenvalue weighted by molar-refractivity contribution is 5.21. The van der Waals surface area contributed by atoms with Crippen LogP contribution in [0.3, 0.4) is 0 Å². The van der Waals surface area contributed by atoms with Crippen LogP contribution < -0.4 is 5.73 Å². The van der Waals surface area contributed by atoms with Crippen molar-refractivity contribution in [3.8, 4) is 0 Å². The Hall–Kier alpha value is -1.00. The summed E-state index contributed by atoms with van der Waals surface area (Å²) in [5.41, 5.74) is 6.33. The molecule has 0 saturated carbocycles. The smallest absolute Gasteiger partial charge is 0.126 e. The Balaban J connectivity index is 2.87. The fourth-order valence-electron chi connectivity index (χ4n) is 2.09.